The van der Waals surface area contributed by atoms with Gasteiger partial charge in [-0.25, -0.2) is 0 Å². The van der Waals surface area contributed by atoms with Gasteiger partial charge in [0.05, 0.1) is 17.5 Å². The van der Waals surface area contributed by atoms with E-state index in [1.165, 1.54) is 0 Å². The molecule has 0 aromatic carbocycles. The van der Waals surface area contributed by atoms with Crippen molar-refractivity contribution in [2.75, 3.05) is 13.1 Å². The van der Waals surface area contributed by atoms with Gasteiger partial charge in [-0.3, -0.25) is 19.9 Å². The van der Waals surface area contributed by atoms with Crippen LogP contribution in [-0.2, 0) is 9.59 Å². The van der Waals surface area contributed by atoms with Crippen molar-refractivity contribution in [3.63, 3.8) is 0 Å². The molecule has 2 saturated carbocycles. The molecule has 4 unspecified atom stereocenters. The Bertz CT molecular complexity index is 654. The van der Waals surface area contributed by atoms with Crippen LogP contribution >= 0.6 is 0 Å². The van der Waals surface area contributed by atoms with Crippen molar-refractivity contribution in [1.29, 1.82) is 5.41 Å². The standard InChI is InChI=1S/C22H39N5O3/c1-22(2,30)12-26-21(29)18-9-15-7-8-16(19(23)24)10-17(15)27(18)11-13-3-5-14(6-4-13)20(25)28/h13-18,30H,3-12H2,1-2H3,(H3,23,24)(H2,25,28)(H,26,29). The number of hydrogen-bond acceptors (Lipinski definition) is 5. The van der Waals surface area contributed by atoms with E-state index in [1.54, 1.807) is 13.8 Å². The predicted molar refractivity (Wildman–Crippen MR) is 116 cm³/mol. The monoisotopic (exact) mass is 421 g/mol. The Hall–Kier alpha value is -1.67. The highest BCUT2D eigenvalue weighted by atomic mass is 16.3. The van der Waals surface area contributed by atoms with Crippen molar-refractivity contribution in [3.8, 4) is 0 Å². The average molecular weight is 422 g/mol. The van der Waals surface area contributed by atoms with Crippen molar-refractivity contribution in [1.82, 2.24) is 10.2 Å². The Kier molecular flexibility index (Phi) is 7.07. The van der Waals surface area contributed by atoms with E-state index in [9.17, 15) is 14.7 Å². The molecule has 2 amide bonds. The lowest BCUT2D eigenvalue weighted by Gasteiger charge is -2.39. The summed E-state index contributed by atoms with van der Waals surface area (Å²) >= 11 is 0. The molecule has 7 N–H and O–H groups in total. The number of rotatable bonds is 7. The van der Waals surface area contributed by atoms with E-state index < -0.39 is 5.60 Å². The highest BCUT2D eigenvalue weighted by molar-refractivity contribution is 5.82. The molecule has 1 aliphatic heterocycles. The van der Waals surface area contributed by atoms with Crippen LogP contribution in [0.25, 0.3) is 0 Å². The number of carbonyl (C=O) groups is 2. The maximum Gasteiger partial charge on any atom is 0.237 e. The fourth-order valence-electron chi connectivity index (χ4n) is 5.70. The van der Waals surface area contributed by atoms with Crippen molar-refractivity contribution in [2.45, 2.75) is 82.9 Å². The average Bonchev–Trinajstić information content (AvgIpc) is 3.03. The molecular formula is C22H39N5O3. The van der Waals surface area contributed by atoms with Crippen LogP contribution in [0.2, 0.25) is 0 Å². The van der Waals surface area contributed by atoms with Gasteiger partial charge in [-0.1, -0.05) is 0 Å². The van der Waals surface area contributed by atoms with E-state index in [-0.39, 0.29) is 48.1 Å². The van der Waals surface area contributed by atoms with Gasteiger partial charge in [-0.2, -0.15) is 0 Å². The van der Waals surface area contributed by atoms with Crippen LogP contribution in [0.4, 0.5) is 0 Å². The molecule has 0 aromatic rings. The lowest BCUT2D eigenvalue weighted by molar-refractivity contribution is -0.127. The maximum absolute atomic E-state index is 13.1. The van der Waals surface area contributed by atoms with Gasteiger partial charge in [0.1, 0.15) is 0 Å². The number of carbonyl (C=O) groups excluding carboxylic acids is 2. The zero-order valence-electron chi connectivity index (χ0n) is 18.4. The van der Waals surface area contributed by atoms with Gasteiger partial charge in [0.25, 0.3) is 0 Å². The summed E-state index contributed by atoms with van der Waals surface area (Å²) in [7, 11) is 0. The SMILES string of the molecule is CC(C)(O)CNC(=O)C1CC2CCC(C(=N)N)CC2N1CC1CCC(C(N)=O)CC1. The highest BCUT2D eigenvalue weighted by Crippen LogP contribution is 2.43. The predicted octanol–water partition coefficient (Wildman–Crippen LogP) is 0.960. The maximum atomic E-state index is 13.1. The number of primary amides is 1. The van der Waals surface area contributed by atoms with E-state index in [0.717, 1.165) is 57.9 Å². The summed E-state index contributed by atoms with van der Waals surface area (Å²) in [5.74, 6) is 1.01. The minimum atomic E-state index is -0.946. The first-order valence-electron chi connectivity index (χ1n) is 11.4. The van der Waals surface area contributed by atoms with Crippen molar-refractivity contribution < 1.29 is 14.7 Å². The summed E-state index contributed by atoms with van der Waals surface area (Å²) in [6.45, 7) is 4.44. The topological polar surface area (TPSA) is 146 Å². The third-order valence-electron chi connectivity index (χ3n) is 7.46. The summed E-state index contributed by atoms with van der Waals surface area (Å²) < 4.78 is 0. The number of fused-ring (bicyclic) bond motifs is 1. The number of nitrogens with zero attached hydrogens (tertiary/aromatic N) is 1. The molecule has 3 aliphatic rings. The van der Waals surface area contributed by atoms with Crippen LogP contribution < -0.4 is 16.8 Å². The van der Waals surface area contributed by atoms with Crippen molar-refractivity contribution >= 4 is 17.6 Å². The molecule has 0 bridgehead atoms. The van der Waals surface area contributed by atoms with Crippen LogP contribution in [0.5, 0.6) is 0 Å². The Morgan fingerprint density at radius 1 is 1.07 bits per heavy atom. The van der Waals surface area contributed by atoms with Gasteiger partial charge < -0.3 is 21.9 Å². The minimum Gasteiger partial charge on any atom is -0.389 e. The highest BCUT2D eigenvalue weighted by Gasteiger charge is 2.48. The molecule has 8 heteroatoms. The minimum absolute atomic E-state index is 0.0169. The zero-order valence-corrected chi connectivity index (χ0v) is 18.4. The molecular weight excluding hydrogens is 382 g/mol. The Labute approximate surface area is 179 Å². The molecule has 30 heavy (non-hydrogen) atoms. The van der Waals surface area contributed by atoms with Gasteiger partial charge in [-0.05, 0) is 77.0 Å². The summed E-state index contributed by atoms with van der Waals surface area (Å²) in [4.78, 5) is 26.9. The Balaban J connectivity index is 1.70. The first-order valence-corrected chi connectivity index (χ1v) is 11.4. The molecule has 8 nitrogen and oxygen atoms in total. The third-order valence-corrected chi connectivity index (χ3v) is 7.46. The van der Waals surface area contributed by atoms with Crippen LogP contribution in [0.15, 0.2) is 0 Å². The quantitative estimate of drug-likeness (QED) is 0.307. The first kappa shape index (κ1) is 23.0. The van der Waals surface area contributed by atoms with E-state index in [0.29, 0.717) is 11.8 Å². The van der Waals surface area contributed by atoms with E-state index >= 15 is 0 Å². The number of likely N-dealkylation sites (tertiary alicyclic amines) is 1. The van der Waals surface area contributed by atoms with Gasteiger partial charge in [0.15, 0.2) is 0 Å². The summed E-state index contributed by atoms with van der Waals surface area (Å²) in [6, 6.07) is 0.0568. The third kappa shape index (κ3) is 5.52. The molecule has 170 valence electrons. The molecule has 3 rings (SSSR count). The molecule has 3 fully saturated rings. The zero-order chi connectivity index (χ0) is 22.1. The van der Waals surface area contributed by atoms with Crippen LogP contribution in [0.3, 0.4) is 0 Å². The van der Waals surface area contributed by atoms with Crippen LogP contribution in [-0.4, -0.2) is 58.4 Å². The second kappa shape index (κ2) is 9.22. The number of nitrogens with one attached hydrogen (secondary N) is 2. The van der Waals surface area contributed by atoms with E-state index in [2.05, 4.69) is 10.2 Å². The number of nitrogens with two attached hydrogens (primary N) is 2. The number of aliphatic hydroxyl groups is 1. The second-order valence-electron chi connectivity index (χ2n) is 10.4. The lowest BCUT2D eigenvalue weighted by atomic mass is 9.77. The van der Waals surface area contributed by atoms with Gasteiger partial charge in [0.2, 0.25) is 11.8 Å². The Morgan fingerprint density at radius 3 is 2.27 bits per heavy atom. The lowest BCUT2D eigenvalue weighted by Crippen LogP contribution is -2.51. The van der Waals surface area contributed by atoms with Crippen LogP contribution in [0.1, 0.15) is 65.2 Å². The largest absolute Gasteiger partial charge is 0.389 e. The molecule has 0 radical (unpaired) electrons. The normalized spacial score (nSPS) is 34.9. The molecule has 2 aliphatic carbocycles. The van der Waals surface area contributed by atoms with Crippen LogP contribution in [0, 0.1) is 29.1 Å². The van der Waals surface area contributed by atoms with Crippen molar-refractivity contribution in [2.24, 2.45) is 35.1 Å². The molecule has 0 spiro atoms. The molecule has 4 atom stereocenters. The van der Waals surface area contributed by atoms with E-state index in [1.807, 2.05) is 0 Å². The smallest absolute Gasteiger partial charge is 0.237 e. The first-order chi connectivity index (χ1) is 14.0. The van der Waals surface area contributed by atoms with Gasteiger partial charge in [-0.15, -0.1) is 0 Å². The second-order valence-corrected chi connectivity index (χ2v) is 10.4. The fraction of sp³-hybridized carbons (Fsp3) is 0.864. The Morgan fingerprint density at radius 2 is 1.70 bits per heavy atom. The van der Waals surface area contributed by atoms with Crippen molar-refractivity contribution in [3.05, 3.63) is 0 Å². The summed E-state index contributed by atoms with van der Waals surface area (Å²) in [6.07, 6.45) is 7.14. The number of amidine groups is 1. The number of amides is 2. The molecule has 1 heterocycles. The van der Waals surface area contributed by atoms with Gasteiger partial charge >= 0.3 is 0 Å². The molecule has 0 aromatic heterocycles. The fourth-order valence-corrected chi connectivity index (χ4v) is 5.70. The van der Waals surface area contributed by atoms with E-state index in [4.69, 9.17) is 16.9 Å². The summed E-state index contributed by atoms with van der Waals surface area (Å²) in [5, 5.41) is 20.8. The summed E-state index contributed by atoms with van der Waals surface area (Å²) in [5.41, 5.74) is 10.4. The molecule has 1 saturated heterocycles. The number of hydrogen-bond donors (Lipinski definition) is 5. The van der Waals surface area contributed by atoms with Gasteiger partial charge in [0, 0.05) is 31.0 Å².